The van der Waals surface area contributed by atoms with Crippen molar-refractivity contribution in [3.63, 3.8) is 0 Å². The van der Waals surface area contributed by atoms with Crippen LogP contribution in [0.3, 0.4) is 0 Å². The first-order valence-electron chi connectivity index (χ1n) is 8.65. The Kier molecular flexibility index (Phi) is 3.34. The molecule has 1 aromatic carbocycles. The topological polar surface area (TPSA) is 76.5 Å². The molecule has 1 aliphatic carbocycles. The Morgan fingerprint density at radius 3 is 2.92 bits per heavy atom. The van der Waals surface area contributed by atoms with Crippen LogP contribution in [0.1, 0.15) is 24.2 Å². The summed E-state index contributed by atoms with van der Waals surface area (Å²) in [6.45, 7) is 0.404. The van der Waals surface area contributed by atoms with Gasteiger partial charge in [-0.25, -0.2) is 19.3 Å². The molecule has 7 heteroatoms. The normalized spacial score (nSPS) is 14.3. The van der Waals surface area contributed by atoms with Gasteiger partial charge in [0.2, 0.25) is 5.56 Å². The van der Waals surface area contributed by atoms with E-state index in [0.29, 0.717) is 29.1 Å². The number of imidazole rings is 1. The fourth-order valence-corrected chi connectivity index (χ4v) is 3.41. The molecule has 4 aromatic rings. The number of aromatic nitrogens is 5. The minimum atomic E-state index is -0.435. The zero-order valence-corrected chi connectivity index (χ0v) is 13.9. The molecule has 0 atom stereocenters. The number of rotatable bonds is 4. The van der Waals surface area contributed by atoms with Gasteiger partial charge in [-0.1, -0.05) is 12.1 Å². The molecular weight excluding hydrogens is 333 g/mol. The summed E-state index contributed by atoms with van der Waals surface area (Å²) in [5.41, 5.74) is 1.94. The van der Waals surface area contributed by atoms with E-state index in [1.165, 1.54) is 25.0 Å². The Morgan fingerprint density at radius 1 is 1.23 bits per heavy atom. The Bertz CT molecular complexity index is 1190. The van der Waals surface area contributed by atoms with Crippen molar-refractivity contribution in [2.75, 3.05) is 0 Å². The summed E-state index contributed by atoms with van der Waals surface area (Å²) >= 11 is 0. The van der Waals surface area contributed by atoms with E-state index < -0.39 is 5.82 Å². The average Bonchev–Trinajstić information content (AvgIpc) is 3.38. The highest BCUT2D eigenvalue weighted by Gasteiger charge is 2.25. The van der Waals surface area contributed by atoms with Crippen molar-refractivity contribution >= 4 is 22.2 Å². The van der Waals surface area contributed by atoms with Crippen molar-refractivity contribution in [1.82, 2.24) is 24.5 Å². The predicted octanol–water partition coefficient (Wildman–Crippen LogP) is 2.81. The van der Waals surface area contributed by atoms with Crippen molar-refractivity contribution in [2.24, 2.45) is 5.92 Å². The number of aromatic amines is 1. The highest BCUT2D eigenvalue weighted by molar-refractivity contribution is 5.82. The summed E-state index contributed by atoms with van der Waals surface area (Å²) in [6.07, 6.45) is 6.55. The number of pyridine rings is 1. The van der Waals surface area contributed by atoms with Crippen LogP contribution in [-0.2, 0) is 13.0 Å². The van der Waals surface area contributed by atoms with Crippen LogP contribution in [0.15, 0.2) is 41.5 Å². The van der Waals surface area contributed by atoms with Crippen molar-refractivity contribution < 1.29 is 4.39 Å². The second-order valence-corrected chi connectivity index (χ2v) is 6.79. The van der Waals surface area contributed by atoms with E-state index in [-0.39, 0.29) is 11.1 Å². The molecule has 0 bridgehead atoms. The molecule has 26 heavy (non-hydrogen) atoms. The zero-order chi connectivity index (χ0) is 17.7. The number of para-hydroxylation sites is 1. The number of nitrogens with one attached hydrogen (secondary N) is 1. The Morgan fingerprint density at radius 2 is 2.08 bits per heavy atom. The third kappa shape index (κ3) is 2.56. The first-order chi connectivity index (χ1) is 12.7. The zero-order valence-electron chi connectivity index (χ0n) is 13.9. The lowest BCUT2D eigenvalue weighted by atomic mass is 10.1. The first kappa shape index (κ1) is 15.2. The molecule has 5 rings (SSSR count). The quantitative estimate of drug-likeness (QED) is 0.615. The van der Waals surface area contributed by atoms with Gasteiger partial charge in [0, 0.05) is 30.3 Å². The Labute approximate surface area is 147 Å². The fraction of sp³-hybridized carbons (Fsp3) is 0.263. The Balaban J connectivity index is 1.69. The largest absolute Gasteiger partial charge is 0.319 e. The summed E-state index contributed by atoms with van der Waals surface area (Å²) in [6, 6.07) is 6.33. The molecule has 1 saturated carbocycles. The van der Waals surface area contributed by atoms with Crippen LogP contribution >= 0.6 is 0 Å². The van der Waals surface area contributed by atoms with Crippen molar-refractivity contribution in [2.45, 2.75) is 25.8 Å². The minimum Gasteiger partial charge on any atom is -0.319 e. The van der Waals surface area contributed by atoms with Gasteiger partial charge >= 0.3 is 0 Å². The maximum Gasteiger partial charge on any atom is 0.248 e. The number of hydrogen-bond acceptors (Lipinski definition) is 4. The van der Waals surface area contributed by atoms with E-state index in [4.69, 9.17) is 0 Å². The molecule has 3 heterocycles. The molecule has 6 nitrogen and oxygen atoms in total. The van der Waals surface area contributed by atoms with Crippen LogP contribution in [0, 0.1) is 11.7 Å². The highest BCUT2D eigenvalue weighted by Crippen LogP contribution is 2.33. The van der Waals surface area contributed by atoms with E-state index in [1.807, 2.05) is 10.6 Å². The molecule has 0 radical (unpaired) electrons. The summed E-state index contributed by atoms with van der Waals surface area (Å²) in [7, 11) is 0. The molecule has 3 aromatic heterocycles. The number of halogens is 1. The molecule has 1 N–H and O–H groups in total. The molecule has 1 aliphatic rings. The van der Waals surface area contributed by atoms with Gasteiger partial charge in [0.15, 0.2) is 11.3 Å². The smallest absolute Gasteiger partial charge is 0.248 e. The van der Waals surface area contributed by atoms with Gasteiger partial charge in [-0.2, -0.15) is 0 Å². The lowest BCUT2D eigenvalue weighted by molar-refractivity contribution is 0.636. The summed E-state index contributed by atoms with van der Waals surface area (Å²) in [5.74, 6) is 1.13. The fourth-order valence-electron chi connectivity index (χ4n) is 3.41. The van der Waals surface area contributed by atoms with Crippen molar-refractivity contribution in [3.8, 4) is 0 Å². The lowest BCUT2D eigenvalue weighted by Gasteiger charge is -2.11. The number of fused-ring (bicyclic) bond motifs is 2. The average molecular weight is 349 g/mol. The van der Waals surface area contributed by atoms with Crippen molar-refractivity contribution in [3.05, 3.63) is 64.2 Å². The van der Waals surface area contributed by atoms with Crippen LogP contribution in [0.4, 0.5) is 4.39 Å². The molecule has 0 aliphatic heterocycles. The summed E-state index contributed by atoms with van der Waals surface area (Å²) < 4.78 is 16.1. The van der Waals surface area contributed by atoms with Crippen LogP contribution in [0.5, 0.6) is 0 Å². The third-order valence-electron chi connectivity index (χ3n) is 4.87. The molecular formula is C19H16FN5O. The van der Waals surface area contributed by atoms with E-state index >= 15 is 0 Å². The lowest BCUT2D eigenvalue weighted by Crippen LogP contribution is -2.12. The SMILES string of the molecule is O=c1cc(Cn2c(CC3CC3)nc3nccnc32)c2cccc(F)c2[nH]1. The van der Waals surface area contributed by atoms with Gasteiger partial charge in [-0.3, -0.25) is 4.79 Å². The second-order valence-electron chi connectivity index (χ2n) is 6.79. The second kappa shape index (κ2) is 5.72. The predicted molar refractivity (Wildman–Crippen MR) is 95.4 cm³/mol. The van der Waals surface area contributed by atoms with E-state index in [0.717, 1.165) is 17.8 Å². The van der Waals surface area contributed by atoms with Crippen LogP contribution in [-0.4, -0.2) is 24.5 Å². The third-order valence-corrected chi connectivity index (χ3v) is 4.87. The highest BCUT2D eigenvalue weighted by atomic mass is 19.1. The number of nitrogens with zero attached hydrogens (tertiary/aromatic N) is 4. The van der Waals surface area contributed by atoms with Gasteiger partial charge < -0.3 is 9.55 Å². The van der Waals surface area contributed by atoms with Gasteiger partial charge in [-0.15, -0.1) is 0 Å². The van der Waals surface area contributed by atoms with Crippen LogP contribution in [0.2, 0.25) is 0 Å². The van der Waals surface area contributed by atoms with E-state index in [9.17, 15) is 9.18 Å². The molecule has 0 unspecified atom stereocenters. The van der Waals surface area contributed by atoms with Crippen molar-refractivity contribution in [1.29, 1.82) is 0 Å². The maximum absolute atomic E-state index is 14.1. The van der Waals surface area contributed by atoms with Crippen LogP contribution in [0.25, 0.3) is 22.2 Å². The van der Waals surface area contributed by atoms with Gasteiger partial charge in [0.25, 0.3) is 0 Å². The Hall–Kier alpha value is -3.09. The van der Waals surface area contributed by atoms with Gasteiger partial charge in [0.05, 0.1) is 12.1 Å². The molecule has 0 amide bonds. The summed E-state index contributed by atoms with van der Waals surface area (Å²) in [5, 5.41) is 0.688. The standard InChI is InChI=1S/C19H16FN5O/c20-14-3-1-2-13-12(9-16(26)24-17(13)14)10-25-15(8-11-4-5-11)23-18-19(25)22-7-6-21-18/h1-3,6-7,9,11H,4-5,8,10H2,(H,24,26). The number of hydrogen-bond donors (Lipinski definition) is 1. The maximum atomic E-state index is 14.1. The molecule has 0 saturated heterocycles. The summed E-state index contributed by atoms with van der Waals surface area (Å²) in [4.78, 5) is 28.0. The molecule has 1 fully saturated rings. The van der Waals surface area contributed by atoms with Gasteiger partial charge in [-0.05, 0) is 30.4 Å². The minimum absolute atomic E-state index is 0.231. The van der Waals surface area contributed by atoms with Gasteiger partial charge in [0.1, 0.15) is 11.6 Å². The number of H-pyrrole nitrogens is 1. The van der Waals surface area contributed by atoms with E-state index in [2.05, 4.69) is 19.9 Å². The van der Waals surface area contributed by atoms with E-state index in [1.54, 1.807) is 18.5 Å². The molecule has 130 valence electrons. The molecule has 0 spiro atoms. The number of benzene rings is 1. The monoisotopic (exact) mass is 349 g/mol. The first-order valence-corrected chi connectivity index (χ1v) is 8.65. The van der Waals surface area contributed by atoms with Crippen LogP contribution < -0.4 is 5.56 Å².